The number of nitrogens with zero attached hydrogens (tertiary/aromatic N) is 2. The summed E-state index contributed by atoms with van der Waals surface area (Å²) in [5.74, 6) is 1.19. The molecule has 0 spiro atoms. The topological polar surface area (TPSA) is 67.5 Å². The van der Waals surface area contributed by atoms with E-state index in [1.165, 1.54) is 5.56 Å². The molecule has 0 bridgehead atoms. The van der Waals surface area contributed by atoms with E-state index in [0.29, 0.717) is 25.0 Å². The maximum atomic E-state index is 13.0. The van der Waals surface area contributed by atoms with Crippen LogP contribution < -0.4 is 0 Å². The van der Waals surface area contributed by atoms with Crippen LogP contribution in [0.5, 0.6) is 0 Å². The zero-order valence-corrected chi connectivity index (χ0v) is 20.1. The minimum atomic E-state index is -0.207. The van der Waals surface area contributed by atoms with E-state index in [-0.39, 0.29) is 24.2 Å². The standard InChI is InChI=1S/C27H39N3O3/c1-3-20(2)18-33-27(31)30-17-7-10-24(25-15-16-28-29-25)26(30)19-32-23-13-11-22(12-14-23)21-8-5-4-6-9-21/h4-6,8-9,15-16,20,22-24,26H,3,7,10-14,17-19H2,1-2H3,(H,28,29)/t20-,22?,23?,24+,26-/m0/s1. The Morgan fingerprint density at radius 1 is 1.15 bits per heavy atom. The van der Waals surface area contributed by atoms with E-state index >= 15 is 0 Å². The third-order valence-electron chi connectivity index (χ3n) is 7.57. The highest BCUT2D eigenvalue weighted by Crippen LogP contribution is 2.36. The van der Waals surface area contributed by atoms with E-state index in [1.807, 2.05) is 11.0 Å². The van der Waals surface area contributed by atoms with Crippen molar-refractivity contribution in [2.45, 2.75) is 82.8 Å². The molecule has 1 amide bonds. The van der Waals surface area contributed by atoms with E-state index < -0.39 is 0 Å². The Morgan fingerprint density at radius 3 is 2.64 bits per heavy atom. The number of rotatable bonds is 8. The van der Waals surface area contributed by atoms with Crippen molar-refractivity contribution in [3.8, 4) is 0 Å². The van der Waals surface area contributed by atoms with Gasteiger partial charge < -0.3 is 14.4 Å². The first-order valence-corrected chi connectivity index (χ1v) is 12.7. The van der Waals surface area contributed by atoms with Crippen LogP contribution in [0, 0.1) is 5.92 Å². The summed E-state index contributed by atoms with van der Waals surface area (Å²) in [5.41, 5.74) is 2.52. The van der Waals surface area contributed by atoms with Crippen molar-refractivity contribution in [2.75, 3.05) is 19.8 Å². The number of H-pyrrole nitrogens is 1. The SMILES string of the molecule is CC[C@H](C)COC(=O)N1CCC[C@H](c2ccn[nH]2)[C@@H]1COC1CCC(c2ccccc2)CC1. The molecule has 1 aliphatic carbocycles. The second kappa shape index (κ2) is 11.7. The van der Waals surface area contributed by atoms with Gasteiger partial charge in [-0.1, -0.05) is 50.6 Å². The molecule has 1 aromatic carbocycles. The van der Waals surface area contributed by atoms with Gasteiger partial charge in [-0.2, -0.15) is 5.10 Å². The number of amides is 1. The largest absolute Gasteiger partial charge is 0.449 e. The molecule has 180 valence electrons. The number of hydrogen-bond acceptors (Lipinski definition) is 4. The number of carbonyl (C=O) groups is 1. The second-order valence-corrected chi connectivity index (χ2v) is 9.83. The minimum Gasteiger partial charge on any atom is -0.449 e. The predicted octanol–water partition coefficient (Wildman–Crippen LogP) is 5.88. The first-order valence-electron chi connectivity index (χ1n) is 12.7. The van der Waals surface area contributed by atoms with Crippen molar-refractivity contribution in [1.29, 1.82) is 0 Å². The number of piperidine rings is 1. The van der Waals surface area contributed by atoms with Crippen molar-refractivity contribution < 1.29 is 14.3 Å². The minimum absolute atomic E-state index is 0.0320. The average molecular weight is 454 g/mol. The third-order valence-corrected chi connectivity index (χ3v) is 7.57. The fourth-order valence-electron chi connectivity index (χ4n) is 5.26. The molecule has 1 aliphatic heterocycles. The highest BCUT2D eigenvalue weighted by atomic mass is 16.6. The van der Waals surface area contributed by atoms with Crippen LogP contribution in [0.3, 0.4) is 0 Å². The van der Waals surface area contributed by atoms with Gasteiger partial charge in [0.1, 0.15) is 0 Å². The van der Waals surface area contributed by atoms with E-state index in [0.717, 1.165) is 57.2 Å². The van der Waals surface area contributed by atoms with Crippen LogP contribution in [-0.4, -0.2) is 53.1 Å². The summed E-state index contributed by atoms with van der Waals surface area (Å²) >= 11 is 0. The van der Waals surface area contributed by atoms with Gasteiger partial charge in [-0.3, -0.25) is 5.10 Å². The van der Waals surface area contributed by atoms with Crippen molar-refractivity contribution in [2.24, 2.45) is 5.92 Å². The molecule has 6 heteroatoms. The van der Waals surface area contributed by atoms with Gasteiger partial charge in [0.15, 0.2) is 0 Å². The molecule has 2 fully saturated rings. The zero-order valence-electron chi connectivity index (χ0n) is 20.1. The molecule has 2 heterocycles. The molecule has 2 aliphatic rings. The monoisotopic (exact) mass is 453 g/mol. The van der Waals surface area contributed by atoms with Crippen molar-refractivity contribution in [3.63, 3.8) is 0 Å². The highest BCUT2D eigenvalue weighted by molar-refractivity contribution is 5.68. The average Bonchev–Trinajstić information content (AvgIpc) is 3.41. The Kier molecular flexibility index (Phi) is 8.43. The molecule has 1 N–H and O–H groups in total. The number of benzene rings is 1. The Hall–Kier alpha value is -2.34. The quantitative estimate of drug-likeness (QED) is 0.542. The Balaban J connectivity index is 1.37. The number of aromatic nitrogens is 2. The lowest BCUT2D eigenvalue weighted by Gasteiger charge is -2.41. The summed E-state index contributed by atoms with van der Waals surface area (Å²) < 4.78 is 12.2. The zero-order chi connectivity index (χ0) is 23.0. The van der Waals surface area contributed by atoms with Crippen LogP contribution in [0.25, 0.3) is 0 Å². The smallest absolute Gasteiger partial charge is 0.410 e. The summed E-state index contributed by atoms with van der Waals surface area (Å²) in [6, 6.07) is 12.8. The molecule has 3 atom stereocenters. The fraction of sp³-hybridized carbons (Fsp3) is 0.630. The number of nitrogens with one attached hydrogen (secondary N) is 1. The van der Waals surface area contributed by atoms with Gasteiger partial charge in [-0.05, 0) is 62.0 Å². The van der Waals surface area contributed by atoms with E-state index in [1.54, 1.807) is 6.20 Å². The van der Waals surface area contributed by atoms with Gasteiger partial charge in [-0.15, -0.1) is 0 Å². The number of carbonyl (C=O) groups excluding carboxylic acids is 1. The molecular weight excluding hydrogens is 414 g/mol. The third kappa shape index (κ3) is 6.17. The fourth-order valence-corrected chi connectivity index (χ4v) is 5.26. The summed E-state index contributed by atoms with van der Waals surface area (Å²) in [6.07, 6.45) is 9.27. The molecular formula is C27H39N3O3. The van der Waals surface area contributed by atoms with Crippen LogP contribution in [0.15, 0.2) is 42.6 Å². The van der Waals surface area contributed by atoms with Crippen molar-refractivity contribution >= 4 is 6.09 Å². The van der Waals surface area contributed by atoms with E-state index in [4.69, 9.17) is 9.47 Å². The number of likely N-dealkylation sites (tertiary alicyclic amines) is 1. The van der Waals surface area contributed by atoms with Crippen LogP contribution in [0.2, 0.25) is 0 Å². The Bertz CT molecular complexity index is 834. The first kappa shape index (κ1) is 23.8. The van der Waals surface area contributed by atoms with Gasteiger partial charge in [0.25, 0.3) is 0 Å². The molecule has 1 saturated heterocycles. The van der Waals surface area contributed by atoms with Gasteiger partial charge in [-0.25, -0.2) is 4.79 Å². The summed E-state index contributed by atoms with van der Waals surface area (Å²) in [4.78, 5) is 14.9. The molecule has 1 aromatic heterocycles. The van der Waals surface area contributed by atoms with Gasteiger partial charge in [0.2, 0.25) is 0 Å². The van der Waals surface area contributed by atoms with Crippen molar-refractivity contribution in [3.05, 3.63) is 53.9 Å². The first-order chi connectivity index (χ1) is 16.2. The number of ether oxygens (including phenoxy) is 2. The number of hydrogen-bond donors (Lipinski definition) is 1. The Labute approximate surface area is 198 Å². The predicted molar refractivity (Wildman–Crippen MR) is 129 cm³/mol. The lowest BCUT2D eigenvalue weighted by Crippen LogP contribution is -2.51. The maximum absolute atomic E-state index is 13.0. The van der Waals surface area contributed by atoms with Crippen molar-refractivity contribution in [1.82, 2.24) is 15.1 Å². The molecule has 4 rings (SSSR count). The molecule has 33 heavy (non-hydrogen) atoms. The lowest BCUT2D eigenvalue weighted by molar-refractivity contribution is -0.0273. The molecule has 2 aromatic rings. The van der Waals surface area contributed by atoms with Gasteiger partial charge >= 0.3 is 6.09 Å². The molecule has 6 nitrogen and oxygen atoms in total. The lowest BCUT2D eigenvalue weighted by atomic mass is 9.82. The Morgan fingerprint density at radius 2 is 1.94 bits per heavy atom. The van der Waals surface area contributed by atoms with E-state index in [9.17, 15) is 4.79 Å². The van der Waals surface area contributed by atoms with Crippen LogP contribution in [0.4, 0.5) is 4.79 Å². The summed E-state index contributed by atoms with van der Waals surface area (Å²) in [6.45, 7) is 5.97. The maximum Gasteiger partial charge on any atom is 0.410 e. The summed E-state index contributed by atoms with van der Waals surface area (Å²) in [5, 5.41) is 7.29. The summed E-state index contributed by atoms with van der Waals surface area (Å²) in [7, 11) is 0. The number of aromatic amines is 1. The van der Waals surface area contributed by atoms with Gasteiger partial charge in [0.05, 0.1) is 25.4 Å². The van der Waals surface area contributed by atoms with E-state index in [2.05, 4.69) is 54.4 Å². The highest BCUT2D eigenvalue weighted by Gasteiger charge is 2.38. The van der Waals surface area contributed by atoms with Gasteiger partial charge in [0, 0.05) is 24.4 Å². The normalized spacial score (nSPS) is 26.7. The van der Waals surface area contributed by atoms with Crippen LogP contribution in [-0.2, 0) is 9.47 Å². The molecule has 0 radical (unpaired) electrons. The van der Waals surface area contributed by atoms with Crippen LogP contribution in [0.1, 0.15) is 81.9 Å². The molecule has 0 unspecified atom stereocenters. The molecule has 1 saturated carbocycles. The second-order valence-electron chi connectivity index (χ2n) is 9.83. The van der Waals surface area contributed by atoms with Crippen LogP contribution >= 0.6 is 0 Å².